The highest BCUT2D eigenvalue weighted by molar-refractivity contribution is 4.84. The molecule has 18 heavy (non-hydrogen) atoms. The van der Waals surface area contributed by atoms with Gasteiger partial charge in [0.2, 0.25) is 0 Å². The molecule has 0 aliphatic carbocycles. The molecule has 3 nitrogen and oxygen atoms in total. The molecule has 0 aromatic heterocycles. The van der Waals surface area contributed by atoms with Gasteiger partial charge < -0.3 is 15.1 Å². The van der Waals surface area contributed by atoms with E-state index in [1.54, 1.807) is 0 Å². The quantitative estimate of drug-likeness (QED) is 0.811. The van der Waals surface area contributed by atoms with Crippen molar-refractivity contribution in [3.63, 3.8) is 0 Å². The van der Waals surface area contributed by atoms with E-state index in [0.29, 0.717) is 5.41 Å². The average molecular weight is 255 g/mol. The molecule has 1 aliphatic heterocycles. The summed E-state index contributed by atoms with van der Waals surface area (Å²) < 4.78 is 0. The van der Waals surface area contributed by atoms with E-state index in [0.717, 1.165) is 6.54 Å². The van der Waals surface area contributed by atoms with Crippen LogP contribution in [0.2, 0.25) is 0 Å². The van der Waals surface area contributed by atoms with Crippen molar-refractivity contribution in [1.29, 1.82) is 0 Å². The highest BCUT2D eigenvalue weighted by Crippen LogP contribution is 2.23. The SMILES string of the molecule is CCC(C)(CNC(C)(C)C)CN1CCN(C)CC1. The first kappa shape index (κ1) is 15.9. The lowest BCUT2D eigenvalue weighted by Crippen LogP contribution is -2.51. The Morgan fingerprint density at radius 2 is 1.56 bits per heavy atom. The molecule has 108 valence electrons. The van der Waals surface area contributed by atoms with Crippen molar-refractivity contribution >= 4 is 0 Å². The highest BCUT2D eigenvalue weighted by Gasteiger charge is 2.28. The number of nitrogens with one attached hydrogen (secondary N) is 1. The zero-order valence-corrected chi connectivity index (χ0v) is 13.3. The number of likely N-dealkylation sites (N-methyl/N-ethyl adjacent to an activating group) is 1. The van der Waals surface area contributed by atoms with Crippen molar-refractivity contribution in [2.45, 2.75) is 46.6 Å². The maximum absolute atomic E-state index is 3.67. The van der Waals surface area contributed by atoms with E-state index in [1.807, 2.05) is 0 Å². The smallest absolute Gasteiger partial charge is 0.0110 e. The van der Waals surface area contributed by atoms with E-state index in [1.165, 1.54) is 39.1 Å². The van der Waals surface area contributed by atoms with Crippen molar-refractivity contribution in [3.05, 3.63) is 0 Å². The zero-order valence-electron chi connectivity index (χ0n) is 13.3. The first-order valence-electron chi connectivity index (χ1n) is 7.40. The van der Waals surface area contributed by atoms with Crippen LogP contribution in [0.15, 0.2) is 0 Å². The van der Waals surface area contributed by atoms with Crippen LogP contribution in [-0.4, -0.2) is 61.7 Å². The van der Waals surface area contributed by atoms with Gasteiger partial charge in [0.15, 0.2) is 0 Å². The number of hydrogen-bond donors (Lipinski definition) is 1. The second-order valence-electron chi connectivity index (χ2n) is 7.35. The molecule has 0 amide bonds. The minimum absolute atomic E-state index is 0.221. The Morgan fingerprint density at radius 1 is 1.00 bits per heavy atom. The molecular weight excluding hydrogens is 222 g/mol. The summed E-state index contributed by atoms with van der Waals surface area (Å²) in [6.07, 6.45) is 1.24. The Bertz CT molecular complexity index is 239. The number of hydrogen-bond acceptors (Lipinski definition) is 3. The first-order chi connectivity index (χ1) is 8.24. The Morgan fingerprint density at radius 3 is 2.00 bits per heavy atom. The summed E-state index contributed by atoms with van der Waals surface area (Å²) in [5.74, 6) is 0. The Labute approximate surface area is 114 Å². The van der Waals surface area contributed by atoms with E-state index in [-0.39, 0.29) is 5.54 Å². The van der Waals surface area contributed by atoms with Crippen molar-refractivity contribution in [3.8, 4) is 0 Å². The molecule has 1 atom stereocenters. The van der Waals surface area contributed by atoms with Gasteiger partial charge in [0.25, 0.3) is 0 Å². The molecule has 1 N–H and O–H groups in total. The van der Waals surface area contributed by atoms with E-state index in [9.17, 15) is 0 Å². The van der Waals surface area contributed by atoms with Gasteiger partial charge in [-0.3, -0.25) is 0 Å². The van der Waals surface area contributed by atoms with Crippen LogP contribution in [0.3, 0.4) is 0 Å². The van der Waals surface area contributed by atoms with Crippen LogP contribution >= 0.6 is 0 Å². The van der Waals surface area contributed by atoms with Gasteiger partial charge in [-0.1, -0.05) is 13.8 Å². The van der Waals surface area contributed by atoms with Crippen molar-refractivity contribution in [1.82, 2.24) is 15.1 Å². The van der Waals surface area contributed by atoms with Crippen LogP contribution in [0.25, 0.3) is 0 Å². The molecule has 1 unspecified atom stereocenters. The molecule has 1 aliphatic rings. The minimum atomic E-state index is 0.221. The van der Waals surface area contributed by atoms with E-state index in [2.05, 4.69) is 56.8 Å². The van der Waals surface area contributed by atoms with Crippen LogP contribution in [-0.2, 0) is 0 Å². The van der Waals surface area contributed by atoms with Gasteiger partial charge in [-0.05, 0) is 39.7 Å². The highest BCUT2D eigenvalue weighted by atomic mass is 15.2. The van der Waals surface area contributed by atoms with Crippen molar-refractivity contribution in [2.75, 3.05) is 46.3 Å². The average Bonchev–Trinajstić information content (AvgIpc) is 2.29. The number of nitrogens with zero attached hydrogens (tertiary/aromatic N) is 2. The molecule has 1 heterocycles. The van der Waals surface area contributed by atoms with E-state index < -0.39 is 0 Å². The lowest BCUT2D eigenvalue weighted by Gasteiger charge is -2.40. The van der Waals surface area contributed by atoms with Crippen molar-refractivity contribution < 1.29 is 0 Å². The lowest BCUT2D eigenvalue weighted by atomic mass is 9.85. The monoisotopic (exact) mass is 255 g/mol. The molecule has 1 rings (SSSR count). The second-order valence-corrected chi connectivity index (χ2v) is 7.35. The molecule has 0 spiro atoms. The molecule has 0 saturated carbocycles. The Kier molecular flexibility index (Phi) is 5.63. The summed E-state index contributed by atoms with van der Waals surface area (Å²) in [7, 11) is 2.22. The van der Waals surface area contributed by atoms with Crippen LogP contribution in [0.4, 0.5) is 0 Å². The molecular formula is C15H33N3. The summed E-state index contributed by atoms with van der Waals surface area (Å²) >= 11 is 0. The van der Waals surface area contributed by atoms with Crippen molar-refractivity contribution in [2.24, 2.45) is 5.41 Å². The largest absolute Gasteiger partial charge is 0.311 e. The van der Waals surface area contributed by atoms with Gasteiger partial charge in [-0.2, -0.15) is 0 Å². The number of rotatable bonds is 5. The summed E-state index contributed by atoms with van der Waals surface area (Å²) in [5.41, 5.74) is 0.613. The van der Waals surface area contributed by atoms with Gasteiger partial charge >= 0.3 is 0 Å². The van der Waals surface area contributed by atoms with Gasteiger partial charge in [0.05, 0.1) is 0 Å². The molecule has 0 aromatic carbocycles. The normalized spacial score (nSPS) is 23.0. The summed E-state index contributed by atoms with van der Waals surface area (Å²) in [4.78, 5) is 5.06. The fraction of sp³-hybridized carbons (Fsp3) is 1.00. The maximum atomic E-state index is 3.67. The molecule has 0 radical (unpaired) electrons. The van der Waals surface area contributed by atoms with Gasteiger partial charge in [-0.15, -0.1) is 0 Å². The number of piperazine rings is 1. The van der Waals surface area contributed by atoms with Crippen LogP contribution < -0.4 is 5.32 Å². The third-order valence-corrected chi connectivity index (χ3v) is 4.10. The summed E-state index contributed by atoms with van der Waals surface area (Å²) in [6.45, 7) is 18.7. The van der Waals surface area contributed by atoms with E-state index in [4.69, 9.17) is 0 Å². The van der Waals surface area contributed by atoms with Gasteiger partial charge in [0.1, 0.15) is 0 Å². The molecule has 1 saturated heterocycles. The third kappa shape index (κ3) is 5.68. The minimum Gasteiger partial charge on any atom is -0.311 e. The fourth-order valence-corrected chi connectivity index (χ4v) is 2.32. The standard InChI is InChI=1S/C15H33N3/c1-7-15(5,12-16-14(2,3)4)13-18-10-8-17(6)9-11-18/h16H,7-13H2,1-6H3. The van der Waals surface area contributed by atoms with Crippen LogP contribution in [0, 0.1) is 5.41 Å². The third-order valence-electron chi connectivity index (χ3n) is 4.10. The summed E-state index contributed by atoms with van der Waals surface area (Å²) in [6, 6.07) is 0. The molecule has 0 bridgehead atoms. The van der Waals surface area contributed by atoms with Gasteiger partial charge in [0, 0.05) is 44.8 Å². The topological polar surface area (TPSA) is 18.5 Å². The van der Waals surface area contributed by atoms with Gasteiger partial charge in [-0.25, -0.2) is 0 Å². The van der Waals surface area contributed by atoms with Crippen LogP contribution in [0.5, 0.6) is 0 Å². The zero-order chi connectivity index (χ0) is 13.8. The first-order valence-corrected chi connectivity index (χ1v) is 7.40. The predicted molar refractivity (Wildman–Crippen MR) is 80.1 cm³/mol. The molecule has 0 aromatic rings. The Balaban J connectivity index is 2.44. The summed E-state index contributed by atoms with van der Waals surface area (Å²) in [5, 5.41) is 3.67. The predicted octanol–water partition coefficient (Wildman–Crippen LogP) is 2.04. The Hall–Kier alpha value is -0.120. The fourth-order valence-electron chi connectivity index (χ4n) is 2.32. The lowest BCUT2D eigenvalue weighted by molar-refractivity contribution is 0.0963. The van der Waals surface area contributed by atoms with Crippen LogP contribution in [0.1, 0.15) is 41.0 Å². The maximum Gasteiger partial charge on any atom is 0.0110 e. The molecule has 1 fully saturated rings. The molecule has 3 heteroatoms. The second kappa shape index (κ2) is 6.36. The van der Waals surface area contributed by atoms with E-state index >= 15 is 0 Å².